The highest BCUT2D eigenvalue weighted by molar-refractivity contribution is 5.91. The zero-order valence-corrected chi connectivity index (χ0v) is 16.9. The first-order valence-electron chi connectivity index (χ1n) is 10.6. The van der Waals surface area contributed by atoms with Gasteiger partial charge in [-0.15, -0.1) is 0 Å². The molecule has 0 unspecified atom stereocenters. The van der Waals surface area contributed by atoms with Crippen molar-refractivity contribution in [2.24, 2.45) is 0 Å². The maximum Gasteiger partial charge on any atom is 0.319 e. The van der Waals surface area contributed by atoms with Gasteiger partial charge in [0.2, 0.25) is 0 Å². The number of benzene rings is 2. The van der Waals surface area contributed by atoms with E-state index in [0.717, 1.165) is 35.9 Å². The maximum atomic E-state index is 12.2. The second kappa shape index (κ2) is 9.43. The first-order valence-corrected chi connectivity index (χ1v) is 10.6. The molecule has 3 aromatic rings. The van der Waals surface area contributed by atoms with Gasteiger partial charge in [-0.25, -0.2) is 9.89 Å². The molecule has 2 aromatic carbocycles. The van der Waals surface area contributed by atoms with Gasteiger partial charge in [0, 0.05) is 23.7 Å². The molecule has 1 aliphatic carbocycles. The molecular weight excluding hydrogens is 378 g/mol. The molecule has 0 spiro atoms. The molecule has 7 nitrogen and oxygen atoms in total. The van der Waals surface area contributed by atoms with Gasteiger partial charge < -0.3 is 16.0 Å². The van der Waals surface area contributed by atoms with Gasteiger partial charge in [0.15, 0.2) is 5.82 Å². The van der Waals surface area contributed by atoms with Crippen LogP contribution in [-0.4, -0.2) is 28.8 Å². The highest BCUT2D eigenvalue weighted by atomic mass is 16.2. The van der Waals surface area contributed by atoms with Gasteiger partial charge in [-0.2, -0.15) is 5.10 Å². The average Bonchev–Trinajstić information content (AvgIpc) is 2.77. The molecule has 4 N–H and O–H groups in total. The Morgan fingerprint density at radius 3 is 2.50 bits per heavy atom. The number of rotatable bonds is 6. The van der Waals surface area contributed by atoms with Crippen LogP contribution in [0.3, 0.4) is 0 Å². The fourth-order valence-corrected chi connectivity index (χ4v) is 3.93. The summed E-state index contributed by atoms with van der Waals surface area (Å²) in [6.45, 7) is 0.679. The minimum Gasteiger partial charge on any atom is -0.368 e. The number of anilines is 2. The second-order valence-electron chi connectivity index (χ2n) is 7.75. The quantitative estimate of drug-likeness (QED) is 0.497. The number of urea groups is 1. The summed E-state index contributed by atoms with van der Waals surface area (Å²) in [7, 11) is 0. The van der Waals surface area contributed by atoms with Crippen LogP contribution in [0.1, 0.15) is 37.7 Å². The Labute approximate surface area is 175 Å². The van der Waals surface area contributed by atoms with Gasteiger partial charge >= 0.3 is 6.03 Å². The normalized spacial score (nSPS) is 14.4. The average molecular weight is 406 g/mol. The molecule has 1 aromatic heterocycles. The van der Waals surface area contributed by atoms with E-state index in [1.807, 2.05) is 42.5 Å². The topological polar surface area (TPSA) is 98.9 Å². The molecule has 7 heteroatoms. The third-order valence-electron chi connectivity index (χ3n) is 5.55. The first-order chi connectivity index (χ1) is 14.7. The molecule has 156 valence electrons. The molecule has 1 fully saturated rings. The van der Waals surface area contributed by atoms with Gasteiger partial charge in [0.1, 0.15) is 0 Å². The lowest BCUT2D eigenvalue weighted by atomic mass is 9.96. The van der Waals surface area contributed by atoms with Gasteiger partial charge in [-0.1, -0.05) is 49.6 Å². The van der Waals surface area contributed by atoms with E-state index in [1.54, 1.807) is 6.07 Å². The van der Waals surface area contributed by atoms with E-state index < -0.39 is 0 Å². The minimum atomic E-state index is -0.188. The van der Waals surface area contributed by atoms with Crippen LogP contribution in [0.4, 0.5) is 16.3 Å². The van der Waals surface area contributed by atoms with Crippen LogP contribution in [0.15, 0.2) is 53.3 Å². The smallest absolute Gasteiger partial charge is 0.319 e. The van der Waals surface area contributed by atoms with Crippen LogP contribution in [0.5, 0.6) is 0 Å². The standard InChI is InChI=1S/C23H27N5O2/c29-22-20-9-5-4-8-19(20)21(27-28-22)24-15-14-16-10-12-18(13-11-16)26-23(30)25-17-6-2-1-3-7-17/h4-5,8-13,17H,1-3,6-7,14-15H2,(H,24,27)(H,28,29)(H2,25,26,30). The number of carbonyl (C=O) groups excluding carboxylic acids is 1. The van der Waals surface area contributed by atoms with Crippen molar-refractivity contribution in [2.45, 2.75) is 44.6 Å². The number of hydrogen-bond acceptors (Lipinski definition) is 4. The molecule has 1 aliphatic rings. The van der Waals surface area contributed by atoms with Crippen LogP contribution in [0, 0.1) is 0 Å². The van der Waals surface area contributed by atoms with Gasteiger partial charge in [0.25, 0.3) is 5.56 Å². The van der Waals surface area contributed by atoms with E-state index in [0.29, 0.717) is 23.8 Å². The van der Waals surface area contributed by atoms with E-state index in [9.17, 15) is 9.59 Å². The number of hydrogen-bond donors (Lipinski definition) is 4. The predicted molar refractivity (Wildman–Crippen MR) is 120 cm³/mol. The van der Waals surface area contributed by atoms with Crippen molar-refractivity contribution < 1.29 is 4.79 Å². The molecule has 30 heavy (non-hydrogen) atoms. The molecule has 0 atom stereocenters. The van der Waals surface area contributed by atoms with Crippen molar-refractivity contribution in [1.29, 1.82) is 0 Å². The summed E-state index contributed by atoms with van der Waals surface area (Å²) in [4.78, 5) is 24.0. The third kappa shape index (κ3) is 4.97. The summed E-state index contributed by atoms with van der Waals surface area (Å²) in [6.07, 6.45) is 6.59. The summed E-state index contributed by atoms with van der Waals surface area (Å²) >= 11 is 0. The lowest BCUT2D eigenvalue weighted by molar-refractivity contribution is 0.244. The van der Waals surface area contributed by atoms with Crippen molar-refractivity contribution in [2.75, 3.05) is 17.2 Å². The third-order valence-corrected chi connectivity index (χ3v) is 5.55. The lowest BCUT2D eigenvalue weighted by Gasteiger charge is -2.22. The van der Waals surface area contributed by atoms with Gasteiger partial charge in [0.05, 0.1) is 5.39 Å². The largest absolute Gasteiger partial charge is 0.368 e. The molecule has 1 heterocycles. The number of aromatic amines is 1. The molecule has 2 amide bonds. The number of nitrogens with zero attached hydrogens (tertiary/aromatic N) is 1. The van der Waals surface area contributed by atoms with Crippen LogP contribution in [0.2, 0.25) is 0 Å². The summed E-state index contributed by atoms with van der Waals surface area (Å²) in [5, 5.41) is 17.4. The Bertz CT molecular complexity index is 1060. The fraction of sp³-hybridized carbons (Fsp3) is 0.348. The number of fused-ring (bicyclic) bond motifs is 1. The monoisotopic (exact) mass is 405 g/mol. The lowest BCUT2D eigenvalue weighted by Crippen LogP contribution is -2.38. The Hall–Kier alpha value is -3.35. The predicted octanol–water partition coefficient (Wildman–Crippen LogP) is 4.03. The summed E-state index contributed by atoms with van der Waals surface area (Å²) in [6, 6.07) is 15.4. The fourth-order valence-electron chi connectivity index (χ4n) is 3.93. The van der Waals surface area contributed by atoms with Crippen molar-refractivity contribution in [1.82, 2.24) is 15.5 Å². The number of nitrogens with one attached hydrogen (secondary N) is 4. The highest BCUT2D eigenvalue weighted by Crippen LogP contribution is 2.18. The Kier molecular flexibility index (Phi) is 6.27. The van der Waals surface area contributed by atoms with Crippen LogP contribution >= 0.6 is 0 Å². The number of amides is 2. The molecular formula is C23H27N5O2. The number of carbonyl (C=O) groups is 1. The zero-order chi connectivity index (χ0) is 20.8. The first kappa shape index (κ1) is 19.9. The van der Waals surface area contributed by atoms with Crippen molar-refractivity contribution in [3.8, 4) is 0 Å². The molecule has 0 aliphatic heterocycles. The van der Waals surface area contributed by atoms with E-state index in [1.165, 1.54) is 19.3 Å². The Balaban J connectivity index is 1.28. The SMILES string of the molecule is O=C(Nc1ccc(CCNc2n[nH]c(=O)c3ccccc23)cc1)NC1CCCCC1. The number of aromatic nitrogens is 2. The van der Waals surface area contributed by atoms with Gasteiger partial charge in [-0.05, 0) is 43.0 Å². The Morgan fingerprint density at radius 1 is 1.00 bits per heavy atom. The van der Waals surface area contributed by atoms with E-state index in [4.69, 9.17) is 0 Å². The Morgan fingerprint density at radius 2 is 1.73 bits per heavy atom. The molecule has 4 rings (SSSR count). The van der Waals surface area contributed by atoms with Crippen molar-refractivity contribution >= 4 is 28.3 Å². The number of H-pyrrole nitrogens is 1. The minimum absolute atomic E-state index is 0.132. The van der Waals surface area contributed by atoms with Crippen LogP contribution in [-0.2, 0) is 6.42 Å². The summed E-state index contributed by atoms with van der Waals surface area (Å²) in [5.74, 6) is 0.669. The van der Waals surface area contributed by atoms with E-state index in [-0.39, 0.29) is 11.6 Å². The van der Waals surface area contributed by atoms with Crippen molar-refractivity contribution in [3.05, 3.63) is 64.4 Å². The summed E-state index contributed by atoms with van der Waals surface area (Å²) in [5.41, 5.74) is 1.74. The highest BCUT2D eigenvalue weighted by Gasteiger charge is 2.15. The molecule has 0 bridgehead atoms. The zero-order valence-electron chi connectivity index (χ0n) is 16.9. The van der Waals surface area contributed by atoms with Crippen LogP contribution < -0.4 is 21.5 Å². The van der Waals surface area contributed by atoms with E-state index >= 15 is 0 Å². The van der Waals surface area contributed by atoms with Gasteiger partial charge in [-0.3, -0.25) is 4.79 Å². The van der Waals surface area contributed by atoms with Crippen molar-refractivity contribution in [3.63, 3.8) is 0 Å². The van der Waals surface area contributed by atoms with Crippen LogP contribution in [0.25, 0.3) is 10.8 Å². The molecule has 1 saturated carbocycles. The maximum absolute atomic E-state index is 12.2. The second-order valence-corrected chi connectivity index (χ2v) is 7.75. The molecule has 0 radical (unpaired) electrons. The molecule has 0 saturated heterocycles. The van der Waals surface area contributed by atoms with E-state index in [2.05, 4.69) is 26.1 Å². The summed E-state index contributed by atoms with van der Waals surface area (Å²) < 4.78 is 0.